The van der Waals surface area contributed by atoms with Crippen molar-refractivity contribution in [3.05, 3.63) is 11.5 Å². The molecule has 0 radical (unpaired) electrons. The van der Waals surface area contributed by atoms with Crippen molar-refractivity contribution < 1.29 is 39.4 Å². The summed E-state index contributed by atoms with van der Waals surface area (Å²) >= 11 is 0. The zero-order chi connectivity index (χ0) is 22.9. The Labute approximate surface area is 186 Å². The molecule has 8 nitrogen and oxygen atoms in total. The van der Waals surface area contributed by atoms with Gasteiger partial charge in [0.15, 0.2) is 11.9 Å². The first-order chi connectivity index (χ1) is 15.0. The number of hydrogen-bond donors (Lipinski definition) is 4. The highest BCUT2D eigenvalue weighted by atomic mass is 16.6. The normalized spacial score (nSPS) is 18.3. The lowest BCUT2D eigenvalue weighted by atomic mass is 10.1. The summed E-state index contributed by atoms with van der Waals surface area (Å²) in [7, 11) is 0. The summed E-state index contributed by atoms with van der Waals surface area (Å²) in [4.78, 5) is 11.4. The van der Waals surface area contributed by atoms with Crippen LogP contribution in [0.4, 0.5) is 0 Å². The zero-order valence-corrected chi connectivity index (χ0v) is 19.0. The SMILES string of the molecule is CCCCCCCCCCCCCCOCC(O)COC1=C(O)C(=O)O[C@@H]1[C@@H](O)CO. The van der Waals surface area contributed by atoms with Crippen LogP contribution in [0, 0.1) is 0 Å². The molecule has 0 spiro atoms. The van der Waals surface area contributed by atoms with Gasteiger partial charge in [-0.05, 0) is 6.42 Å². The lowest BCUT2D eigenvalue weighted by molar-refractivity contribution is -0.148. The van der Waals surface area contributed by atoms with Gasteiger partial charge in [0.1, 0.15) is 18.8 Å². The summed E-state index contributed by atoms with van der Waals surface area (Å²) in [6, 6.07) is 0. The summed E-state index contributed by atoms with van der Waals surface area (Å²) in [5.41, 5.74) is 0. The maximum atomic E-state index is 11.4. The first kappa shape index (κ1) is 27.7. The summed E-state index contributed by atoms with van der Waals surface area (Å²) < 4.78 is 15.4. The van der Waals surface area contributed by atoms with Crippen LogP contribution >= 0.6 is 0 Å². The molecule has 8 heteroatoms. The second kappa shape index (κ2) is 17.2. The van der Waals surface area contributed by atoms with Crippen LogP contribution < -0.4 is 0 Å². The number of aliphatic hydroxyl groups is 4. The van der Waals surface area contributed by atoms with E-state index in [2.05, 4.69) is 6.92 Å². The molecule has 1 unspecified atom stereocenters. The van der Waals surface area contributed by atoms with E-state index < -0.39 is 36.6 Å². The molecule has 3 atom stereocenters. The van der Waals surface area contributed by atoms with Crippen LogP contribution in [0.2, 0.25) is 0 Å². The summed E-state index contributed by atoms with van der Waals surface area (Å²) in [6.07, 6.45) is 11.6. The minimum atomic E-state index is -1.41. The molecule has 0 fully saturated rings. The number of ether oxygens (including phenoxy) is 3. The monoisotopic (exact) mass is 446 g/mol. The maximum absolute atomic E-state index is 11.4. The molecule has 0 aromatic heterocycles. The fourth-order valence-electron chi connectivity index (χ4n) is 3.46. The van der Waals surface area contributed by atoms with Crippen LogP contribution in [0.25, 0.3) is 0 Å². The molecular weight excluding hydrogens is 404 g/mol. The molecule has 0 saturated heterocycles. The lowest BCUT2D eigenvalue weighted by Crippen LogP contribution is -2.33. The van der Waals surface area contributed by atoms with Gasteiger partial charge in [-0.3, -0.25) is 0 Å². The highest BCUT2D eigenvalue weighted by Crippen LogP contribution is 2.25. The molecule has 1 rings (SSSR count). The molecule has 0 aliphatic carbocycles. The van der Waals surface area contributed by atoms with Crippen molar-refractivity contribution in [1.82, 2.24) is 0 Å². The van der Waals surface area contributed by atoms with E-state index in [1.807, 2.05) is 0 Å². The smallest absolute Gasteiger partial charge is 0.378 e. The number of carbonyl (C=O) groups is 1. The van der Waals surface area contributed by atoms with Gasteiger partial charge in [0.25, 0.3) is 0 Å². The van der Waals surface area contributed by atoms with Gasteiger partial charge in [-0.2, -0.15) is 0 Å². The summed E-state index contributed by atoms with van der Waals surface area (Å²) in [5, 5.41) is 38.2. The Hall–Kier alpha value is -1.35. The van der Waals surface area contributed by atoms with E-state index in [4.69, 9.17) is 19.3 Å². The average molecular weight is 447 g/mol. The number of esters is 1. The molecule has 1 heterocycles. The van der Waals surface area contributed by atoms with E-state index in [1.54, 1.807) is 0 Å². The van der Waals surface area contributed by atoms with E-state index in [1.165, 1.54) is 64.2 Å². The number of hydrogen-bond acceptors (Lipinski definition) is 8. The topological polar surface area (TPSA) is 126 Å². The van der Waals surface area contributed by atoms with E-state index in [9.17, 15) is 20.1 Å². The second-order valence-corrected chi connectivity index (χ2v) is 8.22. The number of aliphatic hydroxyl groups excluding tert-OH is 4. The minimum absolute atomic E-state index is 0.0636. The predicted molar refractivity (Wildman–Crippen MR) is 116 cm³/mol. The summed E-state index contributed by atoms with van der Waals surface area (Å²) in [6.45, 7) is 1.96. The van der Waals surface area contributed by atoms with E-state index in [0.717, 1.165) is 12.8 Å². The Morgan fingerprint density at radius 2 is 1.45 bits per heavy atom. The van der Waals surface area contributed by atoms with Crippen LogP contribution in [0.1, 0.15) is 84.0 Å². The van der Waals surface area contributed by atoms with Gasteiger partial charge in [0, 0.05) is 6.61 Å². The fraction of sp³-hybridized carbons (Fsp3) is 0.870. The third-order valence-corrected chi connectivity index (χ3v) is 5.34. The molecule has 0 bridgehead atoms. The van der Waals surface area contributed by atoms with Crippen LogP contribution in [0.3, 0.4) is 0 Å². The van der Waals surface area contributed by atoms with Gasteiger partial charge < -0.3 is 34.6 Å². The maximum Gasteiger partial charge on any atom is 0.378 e. The van der Waals surface area contributed by atoms with Gasteiger partial charge >= 0.3 is 5.97 Å². The first-order valence-corrected chi connectivity index (χ1v) is 11.8. The largest absolute Gasteiger partial charge is 0.499 e. The van der Waals surface area contributed by atoms with Gasteiger partial charge in [0.2, 0.25) is 5.76 Å². The van der Waals surface area contributed by atoms with Gasteiger partial charge in [-0.25, -0.2) is 4.79 Å². The van der Waals surface area contributed by atoms with Crippen LogP contribution in [0.5, 0.6) is 0 Å². The molecule has 182 valence electrons. The molecule has 0 saturated carbocycles. The fourth-order valence-corrected chi connectivity index (χ4v) is 3.46. The molecule has 0 aromatic carbocycles. The number of cyclic esters (lactones) is 1. The standard InChI is InChI=1S/C23H42O8/c1-2-3-4-5-6-7-8-9-10-11-12-13-14-29-16-18(25)17-30-22-20(27)23(28)31-21(22)19(26)15-24/h18-19,21,24-27H,2-17H2,1H3/t18?,19-,21+/m0/s1. The average Bonchev–Trinajstić information content (AvgIpc) is 3.05. The Morgan fingerprint density at radius 3 is 2.00 bits per heavy atom. The second-order valence-electron chi connectivity index (χ2n) is 8.22. The van der Waals surface area contributed by atoms with Crippen molar-refractivity contribution in [1.29, 1.82) is 0 Å². The number of unbranched alkanes of at least 4 members (excludes halogenated alkanes) is 11. The highest BCUT2D eigenvalue weighted by Gasteiger charge is 2.40. The molecule has 4 N–H and O–H groups in total. The third kappa shape index (κ3) is 11.7. The molecule has 1 aliphatic rings. The van der Waals surface area contributed by atoms with Crippen molar-refractivity contribution in [3.8, 4) is 0 Å². The molecule has 31 heavy (non-hydrogen) atoms. The molecule has 0 amide bonds. The van der Waals surface area contributed by atoms with Crippen molar-refractivity contribution in [2.24, 2.45) is 0 Å². The van der Waals surface area contributed by atoms with Gasteiger partial charge in [0.05, 0.1) is 13.2 Å². The number of rotatable bonds is 20. The number of carbonyl (C=O) groups excluding carboxylic acids is 1. The molecule has 0 aromatic rings. The first-order valence-electron chi connectivity index (χ1n) is 11.8. The van der Waals surface area contributed by atoms with Gasteiger partial charge in [-0.1, -0.05) is 77.6 Å². The predicted octanol–water partition coefficient (Wildman–Crippen LogP) is 3.13. The van der Waals surface area contributed by atoms with Crippen molar-refractivity contribution in [2.45, 2.75) is 102 Å². The zero-order valence-electron chi connectivity index (χ0n) is 19.0. The van der Waals surface area contributed by atoms with E-state index >= 15 is 0 Å². The Bertz CT molecular complexity index is 508. The van der Waals surface area contributed by atoms with Crippen LogP contribution in [-0.2, 0) is 19.0 Å². The van der Waals surface area contributed by atoms with Crippen molar-refractivity contribution in [2.75, 3.05) is 26.4 Å². The van der Waals surface area contributed by atoms with Gasteiger partial charge in [-0.15, -0.1) is 0 Å². The van der Waals surface area contributed by atoms with Crippen LogP contribution in [0.15, 0.2) is 11.5 Å². The molecule has 1 aliphatic heterocycles. The van der Waals surface area contributed by atoms with Crippen molar-refractivity contribution in [3.63, 3.8) is 0 Å². The minimum Gasteiger partial charge on any atom is -0.499 e. The Kier molecular flexibility index (Phi) is 15.4. The van der Waals surface area contributed by atoms with Crippen LogP contribution in [-0.4, -0.2) is 71.1 Å². The lowest BCUT2D eigenvalue weighted by Gasteiger charge is -2.19. The Morgan fingerprint density at radius 1 is 0.903 bits per heavy atom. The van der Waals surface area contributed by atoms with Crippen molar-refractivity contribution >= 4 is 5.97 Å². The van der Waals surface area contributed by atoms with E-state index in [-0.39, 0.29) is 19.0 Å². The Balaban J connectivity index is 1.99. The third-order valence-electron chi connectivity index (χ3n) is 5.34. The molecular formula is C23H42O8. The highest BCUT2D eigenvalue weighted by molar-refractivity contribution is 5.89. The summed E-state index contributed by atoms with van der Waals surface area (Å²) in [5.74, 6) is -2.08. The van der Waals surface area contributed by atoms with E-state index in [0.29, 0.717) is 6.61 Å². The quantitative estimate of drug-likeness (QED) is 0.166.